The third kappa shape index (κ3) is 2.61. The molecule has 86 valence electrons. The van der Waals surface area contributed by atoms with Crippen LogP contribution in [0.5, 0.6) is 5.75 Å². The Bertz CT molecular complexity index is 372. The molecule has 1 unspecified atom stereocenters. The van der Waals surface area contributed by atoms with Crippen LogP contribution in [0.1, 0.15) is 18.9 Å². The van der Waals surface area contributed by atoms with E-state index in [4.69, 9.17) is 0 Å². The van der Waals surface area contributed by atoms with Crippen molar-refractivity contribution in [3.05, 3.63) is 29.8 Å². The van der Waals surface area contributed by atoms with Crippen molar-refractivity contribution in [1.29, 1.82) is 0 Å². The highest BCUT2D eigenvalue weighted by atomic mass is 16.3. The van der Waals surface area contributed by atoms with Crippen LogP contribution in [0.2, 0.25) is 0 Å². The Labute approximate surface area is 95.7 Å². The first-order valence-corrected chi connectivity index (χ1v) is 5.68. The van der Waals surface area contributed by atoms with Crippen LogP contribution in [0.15, 0.2) is 24.3 Å². The maximum Gasteiger partial charge on any atom is 0.138 e. The molecule has 0 radical (unpaired) electrons. The van der Waals surface area contributed by atoms with Crippen molar-refractivity contribution >= 4 is 5.78 Å². The second kappa shape index (κ2) is 4.66. The zero-order chi connectivity index (χ0) is 11.5. The number of carbonyl (C=O) groups is 1. The first-order chi connectivity index (χ1) is 7.65. The van der Waals surface area contributed by atoms with Crippen LogP contribution < -0.4 is 0 Å². The third-order valence-electron chi connectivity index (χ3n) is 3.10. The number of ketones is 1. The number of aromatic hydroxyl groups is 1. The molecule has 1 aromatic rings. The molecule has 1 atom stereocenters. The van der Waals surface area contributed by atoms with E-state index in [0.717, 1.165) is 19.6 Å². The molecule has 16 heavy (non-hydrogen) atoms. The number of hydrogen-bond donors (Lipinski definition) is 1. The van der Waals surface area contributed by atoms with Gasteiger partial charge in [0.1, 0.15) is 11.5 Å². The molecule has 1 heterocycles. The standard InChI is InChI=1S/C13H17NO2/c1-10-8-14(7-6-13(10)16)9-11-2-4-12(15)5-3-11/h2-5,10,15H,6-9H2,1H3. The molecule has 0 aromatic heterocycles. The largest absolute Gasteiger partial charge is 0.508 e. The number of Topliss-reactive ketones (excluding diaryl/α,β-unsaturated/α-hetero) is 1. The van der Waals surface area contributed by atoms with Gasteiger partial charge in [-0.3, -0.25) is 9.69 Å². The van der Waals surface area contributed by atoms with E-state index in [0.29, 0.717) is 18.0 Å². The number of hydrogen-bond acceptors (Lipinski definition) is 3. The average molecular weight is 219 g/mol. The summed E-state index contributed by atoms with van der Waals surface area (Å²) >= 11 is 0. The van der Waals surface area contributed by atoms with Crippen LogP contribution >= 0.6 is 0 Å². The lowest BCUT2D eigenvalue weighted by Crippen LogP contribution is -2.38. The summed E-state index contributed by atoms with van der Waals surface area (Å²) in [6.07, 6.45) is 0.666. The number of phenols is 1. The van der Waals surface area contributed by atoms with Gasteiger partial charge in [0.25, 0.3) is 0 Å². The minimum absolute atomic E-state index is 0.158. The van der Waals surface area contributed by atoms with Crippen molar-refractivity contribution in [3.8, 4) is 5.75 Å². The Kier molecular flexibility index (Phi) is 3.25. The lowest BCUT2D eigenvalue weighted by molar-refractivity contribution is -0.125. The Morgan fingerprint density at radius 1 is 1.38 bits per heavy atom. The predicted molar refractivity (Wildman–Crippen MR) is 62.2 cm³/mol. The molecule has 1 aliphatic rings. The maximum atomic E-state index is 11.4. The molecule has 0 bridgehead atoms. The summed E-state index contributed by atoms with van der Waals surface area (Å²) < 4.78 is 0. The lowest BCUT2D eigenvalue weighted by atomic mass is 9.98. The number of phenolic OH excluding ortho intramolecular Hbond substituents is 1. The van der Waals surface area contributed by atoms with E-state index >= 15 is 0 Å². The SMILES string of the molecule is CC1CN(Cc2ccc(O)cc2)CCC1=O. The van der Waals surface area contributed by atoms with Gasteiger partial charge in [-0.15, -0.1) is 0 Å². The molecular weight excluding hydrogens is 202 g/mol. The van der Waals surface area contributed by atoms with Crippen LogP contribution in [-0.2, 0) is 11.3 Å². The normalized spacial score (nSPS) is 22.3. The van der Waals surface area contributed by atoms with Crippen molar-refractivity contribution < 1.29 is 9.90 Å². The summed E-state index contributed by atoms with van der Waals surface area (Å²) in [7, 11) is 0. The molecule has 3 heteroatoms. The van der Waals surface area contributed by atoms with Crippen LogP contribution in [0.4, 0.5) is 0 Å². The molecule has 0 aliphatic carbocycles. The van der Waals surface area contributed by atoms with Gasteiger partial charge in [0.05, 0.1) is 0 Å². The van der Waals surface area contributed by atoms with Gasteiger partial charge in [-0.25, -0.2) is 0 Å². The van der Waals surface area contributed by atoms with E-state index in [1.165, 1.54) is 5.56 Å². The molecule has 1 saturated heterocycles. The van der Waals surface area contributed by atoms with E-state index in [1.54, 1.807) is 12.1 Å². The zero-order valence-corrected chi connectivity index (χ0v) is 9.52. The van der Waals surface area contributed by atoms with E-state index in [2.05, 4.69) is 4.90 Å². The number of benzene rings is 1. The topological polar surface area (TPSA) is 40.5 Å². The van der Waals surface area contributed by atoms with Crippen molar-refractivity contribution in [1.82, 2.24) is 4.90 Å². The van der Waals surface area contributed by atoms with Gasteiger partial charge < -0.3 is 5.11 Å². The van der Waals surface area contributed by atoms with Crippen molar-refractivity contribution in [3.63, 3.8) is 0 Å². The number of likely N-dealkylation sites (tertiary alicyclic amines) is 1. The number of piperidine rings is 1. The van der Waals surface area contributed by atoms with Crippen molar-refractivity contribution in [2.24, 2.45) is 5.92 Å². The molecule has 1 N–H and O–H groups in total. The van der Waals surface area contributed by atoms with Gasteiger partial charge in [-0.1, -0.05) is 19.1 Å². The van der Waals surface area contributed by atoms with Gasteiger partial charge in [-0.2, -0.15) is 0 Å². The Hall–Kier alpha value is -1.35. The molecule has 0 saturated carbocycles. The molecule has 3 nitrogen and oxygen atoms in total. The van der Waals surface area contributed by atoms with Gasteiger partial charge in [-0.05, 0) is 17.7 Å². The van der Waals surface area contributed by atoms with Crippen molar-refractivity contribution in [2.75, 3.05) is 13.1 Å². The predicted octanol–water partition coefficient (Wildman–Crippen LogP) is 1.80. The fourth-order valence-corrected chi connectivity index (χ4v) is 2.10. The van der Waals surface area contributed by atoms with Crippen LogP contribution in [0.25, 0.3) is 0 Å². The van der Waals surface area contributed by atoms with Crippen LogP contribution in [-0.4, -0.2) is 28.9 Å². The quantitative estimate of drug-likeness (QED) is 0.824. The number of carbonyl (C=O) groups excluding carboxylic acids is 1. The van der Waals surface area contributed by atoms with Gasteiger partial charge in [0.2, 0.25) is 0 Å². The molecule has 0 amide bonds. The highest BCUT2D eigenvalue weighted by Gasteiger charge is 2.23. The number of nitrogens with zero attached hydrogens (tertiary/aromatic N) is 1. The first kappa shape index (κ1) is 11.1. The molecule has 1 fully saturated rings. The highest BCUT2D eigenvalue weighted by molar-refractivity contribution is 5.81. The lowest BCUT2D eigenvalue weighted by Gasteiger charge is -2.29. The molecular formula is C13H17NO2. The van der Waals surface area contributed by atoms with E-state index in [-0.39, 0.29) is 5.92 Å². The Morgan fingerprint density at radius 3 is 2.69 bits per heavy atom. The Balaban J connectivity index is 1.95. The van der Waals surface area contributed by atoms with Crippen molar-refractivity contribution in [2.45, 2.75) is 19.9 Å². The van der Waals surface area contributed by atoms with E-state index in [1.807, 2.05) is 19.1 Å². The van der Waals surface area contributed by atoms with Gasteiger partial charge in [0, 0.05) is 32.0 Å². The number of rotatable bonds is 2. The summed E-state index contributed by atoms with van der Waals surface area (Å²) in [6, 6.07) is 7.26. The second-order valence-electron chi connectivity index (χ2n) is 4.52. The third-order valence-corrected chi connectivity index (χ3v) is 3.10. The molecule has 0 spiro atoms. The zero-order valence-electron chi connectivity index (χ0n) is 9.52. The van der Waals surface area contributed by atoms with Crippen LogP contribution in [0, 0.1) is 5.92 Å². The summed E-state index contributed by atoms with van der Waals surface area (Å²) in [5, 5.41) is 9.18. The monoisotopic (exact) mass is 219 g/mol. The van der Waals surface area contributed by atoms with Gasteiger partial charge in [0.15, 0.2) is 0 Å². The molecule has 1 aliphatic heterocycles. The fourth-order valence-electron chi connectivity index (χ4n) is 2.10. The summed E-state index contributed by atoms with van der Waals surface area (Å²) in [4.78, 5) is 13.7. The smallest absolute Gasteiger partial charge is 0.138 e. The average Bonchev–Trinajstić information content (AvgIpc) is 2.27. The van der Waals surface area contributed by atoms with Gasteiger partial charge >= 0.3 is 0 Å². The molecule has 2 rings (SSSR count). The summed E-state index contributed by atoms with van der Waals surface area (Å²) in [6.45, 7) is 4.55. The van der Waals surface area contributed by atoms with E-state index < -0.39 is 0 Å². The first-order valence-electron chi connectivity index (χ1n) is 5.68. The molecule has 1 aromatic carbocycles. The second-order valence-corrected chi connectivity index (χ2v) is 4.52. The maximum absolute atomic E-state index is 11.4. The summed E-state index contributed by atoms with van der Waals surface area (Å²) in [5.41, 5.74) is 1.18. The Morgan fingerprint density at radius 2 is 2.06 bits per heavy atom. The fraction of sp³-hybridized carbons (Fsp3) is 0.462. The highest BCUT2D eigenvalue weighted by Crippen LogP contribution is 2.16. The van der Waals surface area contributed by atoms with Crippen LogP contribution in [0.3, 0.4) is 0 Å². The minimum atomic E-state index is 0.158. The minimum Gasteiger partial charge on any atom is -0.508 e. The van der Waals surface area contributed by atoms with E-state index in [9.17, 15) is 9.90 Å². The summed E-state index contributed by atoms with van der Waals surface area (Å²) in [5.74, 6) is 0.832.